The molecule has 1 N–H and O–H groups in total. The first kappa shape index (κ1) is 23.0. The third-order valence-electron chi connectivity index (χ3n) is 5.78. The molecule has 2 aromatic carbocycles. The summed E-state index contributed by atoms with van der Waals surface area (Å²) >= 11 is 0. The molecule has 166 valence electrons. The molecule has 0 unspecified atom stereocenters. The lowest BCUT2D eigenvalue weighted by Gasteiger charge is -2.34. The Morgan fingerprint density at radius 3 is 2.19 bits per heavy atom. The predicted octanol–water partition coefficient (Wildman–Crippen LogP) is 3.11. The Kier molecular flexibility index (Phi) is 8.62. The standard InChI is InChI=1S/C25H35N5O/c1-4-30(5-2)24-12-10-22(11-13-24)18-26-27-25(31)20-29-16-14-28(15-17-29)19-23-8-6-21(3)7-9-23/h6-13,18H,4-5,14-17,19-20H2,1-3H3,(H,27,31)/b26-18+. The Morgan fingerprint density at radius 2 is 1.58 bits per heavy atom. The average Bonchev–Trinajstić information content (AvgIpc) is 2.78. The molecule has 0 atom stereocenters. The molecule has 0 spiro atoms. The molecular weight excluding hydrogens is 386 g/mol. The summed E-state index contributed by atoms with van der Waals surface area (Å²) in [5.41, 5.74) is 7.47. The van der Waals surface area contributed by atoms with Crippen molar-refractivity contribution in [1.82, 2.24) is 15.2 Å². The van der Waals surface area contributed by atoms with Crippen molar-refractivity contribution in [3.63, 3.8) is 0 Å². The maximum atomic E-state index is 12.2. The van der Waals surface area contributed by atoms with Gasteiger partial charge in [-0.05, 0) is 44.0 Å². The van der Waals surface area contributed by atoms with E-state index in [1.54, 1.807) is 6.21 Å². The minimum Gasteiger partial charge on any atom is -0.372 e. The summed E-state index contributed by atoms with van der Waals surface area (Å²) in [5.74, 6) is -0.0667. The molecule has 0 saturated carbocycles. The molecule has 1 saturated heterocycles. The van der Waals surface area contributed by atoms with Crippen molar-refractivity contribution in [3.05, 3.63) is 65.2 Å². The molecule has 6 heteroatoms. The highest BCUT2D eigenvalue weighted by Gasteiger charge is 2.18. The van der Waals surface area contributed by atoms with Crippen molar-refractivity contribution >= 4 is 17.8 Å². The van der Waals surface area contributed by atoms with Crippen molar-refractivity contribution in [1.29, 1.82) is 0 Å². The van der Waals surface area contributed by atoms with Gasteiger partial charge in [0.25, 0.3) is 5.91 Å². The van der Waals surface area contributed by atoms with Gasteiger partial charge in [-0.15, -0.1) is 0 Å². The fourth-order valence-corrected chi connectivity index (χ4v) is 3.83. The van der Waals surface area contributed by atoms with Gasteiger partial charge in [0.1, 0.15) is 0 Å². The van der Waals surface area contributed by atoms with E-state index in [1.807, 2.05) is 12.1 Å². The zero-order chi connectivity index (χ0) is 22.1. The summed E-state index contributed by atoms with van der Waals surface area (Å²) in [6.45, 7) is 13.5. The number of piperazine rings is 1. The third-order valence-corrected chi connectivity index (χ3v) is 5.78. The highest BCUT2D eigenvalue weighted by molar-refractivity contribution is 5.83. The van der Waals surface area contributed by atoms with Crippen LogP contribution in [0.15, 0.2) is 53.6 Å². The Labute approximate surface area is 186 Å². The van der Waals surface area contributed by atoms with Gasteiger partial charge in [0.15, 0.2) is 0 Å². The molecule has 1 amide bonds. The maximum absolute atomic E-state index is 12.2. The second kappa shape index (κ2) is 11.6. The van der Waals surface area contributed by atoms with E-state index in [4.69, 9.17) is 0 Å². The first-order valence-electron chi connectivity index (χ1n) is 11.2. The lowest BCUT2D eigenvalue weighted by Crippen LogP contribution is -2.48. The number of rotatable bonds is 9. The van der Waals surface area contributed by atoms with Crippen molar-refractivity contribution in [2.75, 3.05) is 50.7 Å². The molecule has 0 aliphatic carbocycles. The molecule has 6 nitrogen and oxygen atoms in total. The van der Waals surface area contributed by atoms with Crippen LogP contribution in [0.5, 0.6) is 0 Å². The van der Waals surface area contributed by atoms with Gasteiger partial charge in [0, 0.05) is 51.5 Å². The zero-order valence-corrected chi connectivity index (χ0v) is 19.1. The van der Waals surface area contributed by atoms with E-state index in [-0.39, 0.29) is 5.91 Å². The fraction of sp³-hybridized carbons (Fsp3) is 0.440. The Balaban J connectivity index is 1.38. The lowest BCUT2D eigenvalue weighted by molar-refractivity contribution is -0.122. The first-order valence-corrected chi connectivity index (χ1v) is 11.2. The van der Waals surface area contributed by atoms with Crippen LogP contribution in [-0.4, -0.2) is 67.7 Å². The summed E-state index contributed by atoms with van der Waals surface area (Å²) in [7, 11) is 0. The van der Waals surface area contributed by atoms with E-state index in [0.717, 1.165) is 51.4 Å². The first-order chi connectivity index (χ1) is 15.1. The van der Waals surface area contributed by atoms with Crippen LogP contribution in [0.2, 0.25) is 0 Å². The number of carbonyl (C=O) groups is 1. The lowest BCUT2D eigenvalue weighted by atomic mass is 10.1. The number of hydrazone groups is 1. The number of carbonyl (C=O) groups excluding carboxylic acids is 1. The molecule has 2 aromatic rings. The summed E-state index contributed by atoms with van der Waals surface area (Å²) in [4.78, 5) is 19.2. The van der Waals surface area contributed by atoms with Crippen LogP contribution >= 0.6 is 0 Å². The quantitative estimate of drug-likeness (QED) is 0.499. The second-order valence-electron chi connectivity index (χ2n) is 8.09. The zero-order valence-electron chi connectivity index (χ0n) is 19.1. The van der Waals surface area contributed by atoms with E-state index >= 15 is 0 Å². The van der Waals surface area contributed by atoms with Gasteiger partial charge in [-0.2, -0.15) is 5.10 Å². The van der Waals surface area contributed by atoms with Gasteiger partial charge in [0.05, 0.1) is 12.8 Å². The molecular formula is C25H35N5O. The van der Waals surface area contributed by atoms with Crippen LogP contribution in [0.3, 0.4) is 0 Å². The number of hydrogen-bond donors (Lipinski definition) is 1. The fourth-order valence-electron chi connectivity index (χ4n) is 3.83. The highest BCUT2D eigenvalue weighted by atomic mass is 16.2. The number of nitrogens with zero attached hydrogens (tertiary/aromatic N) is 4. The molecule has 0 bridgehead atoms. The number of anilines is 1. The van der Waals surface area contributed by atoms with Gasteiger partial charge >= 0.3 is 0 Å². The average molecular weight is 422 g/mol. The molecule has 0 radical (unpaired) electrons. The van der Waals surface area contributed by atoms with E-state index in [0.29, 0.717) is 6.54 Å². The molecule has 1 heterocycles. The van der Waals surface area contributed by atoms with Crippen LogP contribution in [-0.2, 0) is 11.3 Å². The Morgan fingerprint density at radius 1 is 0.968 bits per heavy atom. The van der Waals surface area contributed by atoms with Crippen LogP contribution in [0, 0.1) is 6.92 Å². The predicted molar refractivity (Wildman–Crippen MR) is 129 cm³/mol. The SMILES string of the molecule is CCN(CC)c1ccc(/C=N/NC(=O)CN2CCN(Cc3ccc(C)cc3)CC2)cc1. The van der Waals surface area contributed by atoms with Crippen LogP contribution < -0.4 is 10.3 Å². The summed E-state index contributed by atoms with van der Waals surface area (Å²) in [6, 6.07) is 17.0. The van der Waals surface area contributed by atoms with Gasteiger partial charge < -0.3 is 4.90 Å². The highest BCUT2D eigenvalue weighted by Crippen LogP contribution is 2.14. The van der Waals surface area contributed by atoms with Gasteiger partial charge in [-0.1, -0.05) is 42.0 Å². The van der Waals surface area contributed by atoms with Crippen molar-refractivity contribution in [2.45, 2.75) is 27.3 Å². The minimum absolute atomic E-state index is 0.0667. The molecule has 1 aliphatic heterocycles. The van der Waals surface area contributed by atoms with Crippen molar-refractivity contribution in [2.24, 2.45) is 5.10 Å². The van der Waals surface area contributed by atoms with E-state index in [1.165, 1.54) is 16.8 Å². The van der Waals surface area contributed by atoms with Gasteiger partial charge in [0.2, 0.25) is 0 Å². The maximum Gasteiger partial charge on any atom is 0.254 e. The summed E-state index contributed by atoms with van der Waals surface area (Å²) in [6.07, 6.45) is 1.70. The van der Waals surface area contributed by atoms with E-state index in [2.05, 4.69) is 82.4 Å². The smallest absolute Gasteiger partial charge is 0.254 e. The monoisotopic (exact) mass is 421 g/mol. The molecule has 31 heavy (non-hydrogen) atoms. The normalized spacial score (nSPS) is 15.3. The molecule has 1 aliphatic rings. The number of aryl methyl sites for hydroxylation is 1. The number of hydrogen-bond acceptors (Lipinski definition) is 5. The number of benzene rings is 2. The van der Waals surface area contributed by atoms with Crippen LogP contribution in [0.4, 0.5) is 5.69 Å². The minimum atomic E-state index is -0.0667. The Bertz CT molecular complexity index is 835. The summed E-state index contributed by atoms with van der Waals surface area (Å²) in [5, 5.41) is 4.12. The Hall–Kier alpha value is -2.70. The van der Waals surface area contributed by atoms with E-state index < -0.39 is 0 Å². The topological polar surface area (TPSA) is 51.2 Å². The number of amides is 1. The third kappa shape index (κ3) is 7.19. The van der Waals surface area contributed by atoms with Crippen LogP contribution in [0.25, 0.3) is 0 Å². The van der Waals surface area contributed by atoms with Crippen molar-refractivity contribution < 1.29 is 4.79 Å². The largest absolute Gasteiger partial charge is 0.372 e. The molecule has 0 aromatic heterocycles. The molecule has 1 fully saturated rings. The second-order valence-corrected chi connectivity index (χ2v) is 8.09. The van der Waals surface area contributed by atoms with Crippen LogP contribution in [0.1, 0.15) is 30.5 Å². The van der Waals surface area contributed by atoms with Gasteiger partial charge in [-0.25, -0.2) is 5.43 Å². The molecule has 3 rings (SSSR count). The summed E-state index contributed by atoms with van der Waals surface area (Å²) < 4.78 is 0. The van der Waals surface area contributed by atoms with Crippen molar-refractivity contribution in [3.8, 4) is 0 Å². The van der Waals surface area contributed by atoms with Gasteiger partial charge in [-0.3, -0.25) is 14.6 Å². The van der Waals surface area contributed by atoms with E-state index in [9.17, 15) is 4.79 Å². The number of nitrogens with one attached hydrogen (secondary N) is 1.